The molecular weight excluding hydrogens is 194 g/mol. The Morgan fingerprint density at radius 3 is 2.79 bits per heavy atom. The van der Waals surface area contributed by atoms with Crippen molar-refractivity contribution in [3.05, 3.63) is 35.5 Å². The molecule has 0 bridgehead atoms. The van der Waals surface area contributed by atoms with Crippen LogP contribution in [0.1, 0.15) is 17.8 Å². The van der Waals surface area contributed by atoms with E-state index in [1.807, 2.05) is 31.3 Å². The maximum Gasteiger partial charge on any atom is 0.142 e. The van der Waals surface area contributed by atoms with Crippen LogP contribution in [0, 0.1) is 0 Å². The summed E-state index contributed by atoms with van der Waals surface area (Å²) in [5.41, 5.74) is 6.66. The smallest absolute Gasteiger partial charge is 0.142 e. The van der Waals surface area contributed by atoms with Crippen molar-refractivity contribution in [2.75, 3.05) is 0 Å². The lowest BCUT2D eigenvalue weighted by atomic mass is 10.3. The summed E-state index contributed by atoms with van der Waals surface area (Å²) in [4.78, 5) is 9.60. The summed E-state index contributed by atoms with van der Waals surface area (Å²) in [6, 6.07) is 5.84. The van der Waals surface area contributed by atoms with E-state index in [1.54, 1.807) is 17.5 Å². The molecule has 14 heavy (non-hydrogen) atoms. The second-order valence-electron chi connectivity index (χ2n) is 3.07. The predicted octanol–water partition coefficient (Wildman–Crippen LogP) is 2.22. The van der Waals surface area contributed by atoms with Crippen molar-refractivity contribution in [1.29, 1.82) is 0 Å². The highest BCUT2D eigenvalue weighted by molar-refractivity contribution is 7.15. The van der Waals surface area contributed by atoms with Crippen molar-refractivity contribution in [1.82, 2.24) is 9.97 Å². The molecule has 2 aromatic heterocycles. The van der Waals surface area contributed by atoms with Gasteiger partial charge >= 0.3 is 0 Å². The fraction of sp³-hybridized carbons (Fsp3) is 0.200. The van der Waals surface area contributed by atoms with Gasteiger partial charge in [0.25, 0.3) is 0 Å². The Morgan fingerprint density at radius 2 is 2.21 bits per heavy atom. The van der Waals surface area contributed by atoms with Crippen LogP contribution < -0.4 is 5.73 Å². The third-order valence-electron chi connectivity index (χ3n) is 1.86. The minimum Gasteiger partial charge on any atom is -0.323 e. The molecule has 4 heteroatoms. The summed E-state index contributed by atoms with van der Waals surface area (Å²) in [6.45, 7) is 1.95. The topological polar surface area (TPSA) is 51.8 Å². The first-order valence-electron chi connectivity index (χ1n) is 4.40. The summed E-state index contributed by atoms with van der Waals surface area (Å²) < 4.78 is 0. The van der Waals surface area contributed by atoms with Crippen LogP contribution in [0.2, 0.25) is 0 Å². The van der Waals surface area contributed by atoms with E-state index in [1.165, 1.54) is 0 Å². The van der Waals surface area contributed by atoms with Gasteiger partial charge in [-0.3, -0.25) is 4.98 Å². The molecule has 0 spiro atoms. The van der Waals surface area contributed by atoms with Crippen LogP contribution in [0.3, 0.4) is 0 Å². The van der Waals surface area contributed by atoms with Crippen molar-refractivity contribution < 1.29 is 0 Å². The van der Waals surface area contributed by atoms with Gasteiger partial charge in [0.05, 0.1) is 5.69 Å². The van der Waals surface area contributed by atoms with Crippen LogP contribution in [0.15, 0.2) is 30.6 Å². The first-order valence-corrected chi connectivity index (χ1v) is 5.22. The number of hydrogen-bond donors (Lipinski definition) is 1. The maximum absolute atomic E-state index is 5.76. The Balaban J connectivity index is 2.34. The summed E-state index contributed by atoms with van der Waals surface area (Å²) in [5, 5.41) is 0.929. The number of pyridine rings is 1. The lowest BCUT2D eigenvalue weighted by Crippen LogP contribution is -2.01. The highest BCUT2D eigenvalue weighted by Crippen LogP contribution is 2.25. The fourth-order valence-corrected chi connectivity index (χ4v) is 1.95. The maximum atomic E-state index is 5.76. The summed E-state index contributed by atoms with van der Waals surface area (Å²) in [5.74, 6) is 0. The zero-order valence-corrected chi connectivity index (χ0v) is 8.66. The van der Waals surface area contributed by atoms with Crippen molar-refractivity contribution in [2.24, 2.45) is 5.73 Å². The molecule has 2 aromatic rings. The van der Waals surface area contributed by atoms with Crippen molar-refractivity contribution in [3.63, 3.8) is 0 Å². The average Bonchev–Trinajstić information content (AvgIpc) is 2.68. The van der Waals surface area contributed by atoms with Crippen LogP contribution >= 0.6 is 11.3 Å². The highest BCUT2D eigenvalue weighted by atomic mass is 32.1. The van der Waals surface area contributed by atoms with E-state index in [-0.39, 0.29) is 6.04 Å². The lowest BCUT2D eigenvalue weighted by molar-refractivity contribution is 0.835. The molecule has 0 aliphatic heterocycles. The lowest BCUT2D eigenvalue weighted by Gasteiger charge is -1.96. The molecule has 0 aliphatic rings. The van der Waals surface area contributed by atoms with E-state index in [2.05, 4.69) is 9.97 Å². The number of aromatic nitrogens is 2. The van der Waals surface area contributed by atoms with Gasteiger partial charge in [0, 0.05) is 23.3 Å². The Kier molecular flexibility index (Phi) is 2.56. The van der Waals surface area contributed by atoms with Crippen LogP contribution in [-0.4, -0.2) is 9.97 Å². The third kappa shape index (κ3) is 1.81. The first kappa shape index (κ1) is 9.30. The van der Waals surface area contributed by atoms with Gasteiger partial charge in [-0.2, -0.15) is 0 Å². The van der Waals surface area contributed by atoms with E-state index in [9.17, 15) is 0 Å². The Bertz CT molecular complexity index is 408. The van der Waals surface area contributed by atoms with E-state index in [0.29, 0.717) is 0 Å². The Hall–Kier alpha value is -1.26. The number of nitrogens with two attached hydrogens (primary N) is 1. The molecule has 0 radical (unpaired) electrons. The molecular formula is C10H11N3S. The number of nitrogens with zero attached hydrogens (tertiary/aromatic N) is 2. The van der Waals surface area contributed by atoms with E-state index in [0.717, 1.165) is 15.6 Å². The van der Waals surface area contributed by atoms with Crippen LogP contribution in [0.4, 0.5) is 0 Å². The fourth-order valence-electron chi connectivity index (χ4n) is 1.10. The summed E-state index contributed by atoms with van der Waals surface area (Å²) in [6.07, 6.45) is 3.58. The average molecular weight is 205 g/mol. The summed E-state index contributed by atoms with van der Waals surface area (Å²) >= 11 is 1.60. The number of hydrogen-bond acceptors (Lipinski definition) is 4. The summed E-state index contributed by atoms with van der Waals surface area (Å²) in [7, 11) is 0. The molecule has 0 aromatic carbocycles. The van der Waals surface area contributed by atoms with Gasteiger partial charge in [-0.25, -0.2) is 4.98 Å². The SMILES string of the molecule is CC(N)c1cnc(-c2ccccn2)s1. The minimum absolute atomic E-state index is 0.0463. The van der Waals surface area contributed by atoms with Crippen molar-refractivity contribution >= 4 is 11.3 Å². The van der Waals surface area contributed by atoms with E-state index >= 15 is 0 Å². The molecule has 2 rings (SSSR count). The molecule has 1 atom stereocenters. The molecule has 0 saturated carbocycles. The second kappa shape index (κ2) is 3.86. The molecule has 72 valence electrons. The van der Waals surface area contributed by atoms with Gasteiger partial charge in [-0.15, -0.1) is 11.3 Å². The molecule has 2 N–H and O–H groups in total. The van der Waals surface area contributed by atoms with Gasteiger partial charge in [-0.05, 0) is 19.1 Å². The zero-order valence-electron chi connectivity index (χ0n) is 7.84. The quantitative estimate of drug-likeness (QED) is 0.818. The van der Waals surface area contributed by atoms with Crippen LogP contribution in [0.25, 0.3) is 10.7 Å². The Labute approximate surface area is 86.6 Å². The molecule has 1 unspecified atom stereocenters. The van der Waals surface area contributed by atoms with E-state index < -0.39 is 0 Å². The minimum atomic E-state index is 0.0463. The normalized spacial score (nSPS) is 12.7. The second-order valence-corrected chi connectivity index (χ2v) is 4.13. The van der Waals surface area contributed by atoms with Gasteiger partial charge in [0.15, 0.2) is 0 Å². The molecule has 3 nitrogen and oxygen atoms in total. The molecule has 2 heterocycles. The first-order chi connectivity index (χ1) is 6.77. The molecule has 0 aliphatic carbocycles. The van der Waals surface area contributed by atoms with Gasteiger partial charge in [0.1, 0.15) is 5.01 Å². The highest BCUT2D eigenvalue weighted by Gasteiger charge is 2.07. The van der Waals surface area contributed by atoms with Crippen LogP contribution in [-0.2, 0) is 0 Å². The third-order valence-corrected chi connectivity index (χ3v) is 3.08. The zero-order chi connectivity index (χ0) is 9.97. The monoisotopic (exact) mass is 205 g/mol. The van der Waals surface area contributed by atoms with Gasteiger partial charge in [-0.1, -0.05) is 6.07 Å². The predicted molar refractivity (Wildman–Crippen MR) is 57.9 cm³/mol. The van der Waals surface area contributed by atoms with Crippen molar-refractivity contribution in [3.8, 4) is 10.7 Å². The van der Waals surface area contributed by atoms with Crippen LogP contribution in [0.5, 0.6) is 0 Å². The van der Waals surface area contributed by atoms with Gasteiger partial charge < -0.3 is 5.73 Å². The molecule has 0 amide bonds. The Morgan fingerprint density at radius 1 is 1.36 bits per heavy atom. The number of rotatable bonds is 2. The standard InChI is InChI=1S/C10H11N3S/c1-7(11)9-6-13-10(14-9)8-4-2-3-5-12-8/h2-7H,11H2,1H3. The largest absolute Gasteiger partial charge is 0.323 e. The van der Waals surface area contributed by atoms with Gasteiger partial charge in [0.2, 0.25) is 0 Å². The van der Waals surface area contributed by atoms with Crippen molar-refractivity contribution in [2.45, 2.75) is 13.0 Å². The molecule has 0 saturated heterocycles. The number of thiazole rings is 1. The van der Waals surface area contributed by atoms with E-state index in [4.69, 9.17) is 5.73 Å². The molecule has 0 fully saturated rings.